The fourth-order valence-electron chi connectivity index (χ4n) is 4.55. The van der Waals surface area contributed by atoms with E-state index in [0.29, 0.717) is 23.4 Å². The van der Waals surface area contributed by atoms with Crippen molar-refractivity contribution in [2.24, 2.45) is 0 Å². The molecule has 5 rings (SSSR count). The Labute approximate surface area is 210 Å². The zero-order valence-electron chi connectivity index (χ0n) is 20.2. The second-order valence-corrected chi connectivity index (χ2v) is 8.85. The molecule has 0 unspecified atom stereocenters. The van der Waals surface area contributed by atoms with Gasteiger partial charge in [-0.05, 0) is 66.9 Å². The Morgan fingerprint density at radius 3 is 2.47 bits per heavy atom. The first kappa shape index (κ1) is 23.5. The van der Waals surface area contributed by atoms with Crippen LogP contribution in [0.3, 0.4) is 0 Å². The van der Waals surface area contributed by atoms with Crippen LogP contribution in [0.4, 0.5) is 5.69 Å². The molecule has 0 saturated carbocycles. The van der Waals surface area contributed by atoms with Gasteiger partial charge in [0, 0.05) is 36.9 Å². The highest BCUT2D eigenvalue weighted by atomic mass is 16.7. The van der Waals surface area contributed by atoms with E-state index in [-0.39, 0.29) is 24.6 Å². The van der Waals surface area contributed by atoms with Crippen LogP contribution in [-0.4, -0.2) is 44.8 Å². The summed E-state index contributed by atoms with van der Waals surface area (Å²) in [5.74, 6) is 1.93. The number of para-hydroxylation sites is 1. The van der Waals surface area contributed by atoms with E-state index in [2.05, 4.69) is 15.5 Å². The summed E-state index contributed by atoms with van der Waals surface area (Å²) in [6.07, 6.45) is 1.60. The molecule has 8 nitrogen and oxygen atoms in total. The molecule has 3 aromatic rings. The van der Waals surface area contributed by atoms with E-state index in [0.717, 1.165) is 48.7 Å². The van der Waals surface area contributed by atoms with Crippen molar-refractivity contribution in [3.05, 3.63) is 83.4 Å². The van der Waals surface area contributed by atoms with Gasteiger partial charge in [-0.1, -0.05) is 18.2 Å². The molecular formula is C28H29N3O5. The highest BCUT2D eigenvalue weighted by Crippen LogP contribution is 2.32. The second-order valence-electron chi connectivity index (χ2n) is 8.85. The predicted molar refractivity (Wildman–Crippen MR) is 136 cm³/mol. The van der Waals surface area contributed by atoms with E-state index in [1.165, 1.54) is 0 Å². The standard InChI is InChI=1S/C28H29N3O5/c1-34-22-9-7-20(8-10-22)27(32)30-21-12-14-31(15-13-21)24-5-3-2-4-23(24)28(33)29-17-19-6-11-25-26(16-19)36-18-35-25/h2-11,16,21H,12-15,17-18H2,1H3,(H,29,33)(H,30,32). The van der Waals surface area contributed by atoms with Crippen LogP contribution in [0.25, 0.3) is 0 Å². The minimum Gasteiger partial charge on any atom is -0.497 e. The lowest BCUT2D eigenvalue weighted by molar-refractivity contribution is 0.0929. The lowest BCUT2D eigenvalue weighted by Gasteiger charge is -2.35. The molecule has 1 saturated heterocycles. The number of carbonyl (C=O) groups is 2. The largest absolute Gasteiger partial charge is 0.497 e. The Bertz CT molecular complexity index is 1240. The fourth-order valence-corrected chi connectivity index (χ4v) is 4.55. The maximum Gasteiger partial charge on any atom is 0.253 e. The topological polar surface area (TPSA) is 89.1 Å². The molecule has 1 fully saturated rings. The summed E-state index contributed by atoms with van der Waals surface area (Å²) in [4.78, 5) is 27.9. The smallest absolute Gasteiger partial charge is 0.253 e. The number of fused-ring (bicyclic) bond motifs is 1. The zero-order valence-corrected chi connectivity index (χ0v) is 20.2. The molecule has 2 aliphatic rings. The van der Waals surface area contributed by atoms with Crippen molar-refractivity contribution >= 4 is 17.5 Å². The lowest BCUT2D eigenvalue weighted by atomic mass is 10.0. The Morgan fingerprint density at radius 1 is 0.944 bits per heavy atom. The maximum atomic E-state index is 13.1. The summed E-state index contributed by atoms with van der Waals surface area (Å²) in [7, 11) is 1.60. The van der Waals surface area contributed by atoms with Gasteiger partial charge in [0.1, 0.15) is 5.75 Å². The monoisotopic (exact) mass is 487 g/mol. The Morgan fingerprint density at radius 2 is 1.69 bits per heavy atom. The molecule has 2 amide bonds. The van der Waals surface area contributed by atoms with Gasteiger partial charge < -0.3 is 29.7 Å². The normalized spacial score (nSPS) is 14.9. The van der Waals surface area contributed by atoms with Crippen LogP contribution < -0.4 is 29.7 Å². The molecule has 36 heavy (non-hydrogen) atoms. The molecule has 8 heteroatoms. The highest BCUT2D eigenvalue weighted by Gasteiger charge is 2.24. The number of anilines is 1. The number of ether oxygens (including phenoxy) is 3. The van der Waals surface area contributed by atoms with Gasteiger partial charge in [-0.3, -0.25) is 9.59 Å². The van der Waals surface area contributed by atoms with Crippen molar-refractivity contribution in [2.45, 2.75) is 25.4 Å². The number of carbonyl (C=O) groups excluding carboxylic acids is 2. The molecule has 0 aliphatic carbocycles. The van der Waals surface area contributed by atoms with Crippen LogP contribution in [0.5, 0.6) is 17.2 Å². The number of nitrogens with zero attached hydrogens (tertiary/aromatic N) is 1. The third-order valence-corrected chi connectivity index (χ3v) is 6.56. The van der Waals surface area contributed by atoms with Crippen molar-refractivity contribution in [3.8, 4) is 17.2 Å². The molecule has 2 N–H and O–H groups in total. The third kappa shape index (κ3) is 5.22. The highest BCUT2D eigenvalue weighted by molar-refractivity contribution is 5.99. The molecule has 186 valence electrons. The summed E-state index contributed by atoms with van der Waals surface area (Å²) in [5.41, 5.74) is 3.10. The van der Waals surface area contributed by atoms with Crippen LogP contribution in [0.15, 0.2) is 66.7 Å². The van der Waals surface area contributed by atoms with Gasteiger partial charge in [-0.25, -0.2) is 0 Å². The number of amides is 2. The fraction of sp³-hybridized carbons (Fsp3) is 0.286. The van der Waals surface area contributed by atoms with E-state index < -0.39 is 0 Å². The van der Waals surface area contributed by atoms with E-state index in [4.69, 9.17) is 14.2 Å². The summed E-state index contributed by atoms with van der Waals surface area (Å²) < 4.78 is 15.9. The van der Waals surface area contributed by atoms with Crippen LogP contribution in [0.1, 0.15) is 39.1 Å². The van der Waals surface area contributed by atoms with Crippen LogP contribution >= 0.6 is 0 Å². The van der Waals surface area contributed by atoms with Crippen molar-refractivity contribution in [2.75, 3.05) is 31.9 Å². The average molecular weight is 488 g/mol. The minimum absolute atomic E-state index is 0.0839. The number of nitrogens with one attached hydrogen (secondary N) is 2. The first-order chi connectivity index (χ1) is 17.6. The Kier molecular flexibility index (Phi) is 6.93. The first-order valence-electron chi connectivity index (χ1n) is 12.1. The van der Waals surface area contributed by atoms with E-state index in [1.54, 1.807) is 31.4 Å². The number of rotatable bonds is 7. The van der Waals surface area contributed by atoms with Gasteiger partial charge >= 0.3 is 0 Å². The van der Waals surface area contributed by atoms with E-state index in [9.17, 15) is 9.59 Å². The van der Waals surface area contributed by atoms with Crippen LogP contribution in [0.2, 0.25) is 0 Å². The summed E-state index contributed by atoms with van der Waals surface area (Å²) in [6.45, 7) is 2.11. The van der Waals surface area contributed by atoms with Gasteiger partial charge in [0.15, 0.2) is 11.5 Å². The third-order valence-electron chi connectivity index (χ3n) is 6.56. The molecule has 2 aliphatic heterocycles. The Hall–Kier alpha value is -4.20. The van der Waals surface area contributed by atoms with Crippen molar-refractivity contribution in [3.63, 3.8) is 0 Å². The number of methoxy groups -OCH3 is 1. The quantitative estimate of drug-likeness (QED) is 0.528. The predicted octanol–water partition coefficient (Wildman–Crippen LogP) is 3.75. The molecule has 3 aromatic carbocycles. The number of hydrogen-bond donors (Lipinski definition) is 2. The molecule has 2 heterocycles. The second kappa shape index (κ2) is 10.6. The van der Waals surface area contributed by atoms with Gasteiger partial charge in [-0.2, -0.15) is 0 Å². The van der Waals surface area contributed by atoms with Gasteiger partial charge in [0.2, 0.25) is 6.79 Å². The number of piperidine rings is 1. The van der Waals surface area contributed by atoms with Gasteiger partial charge in [-0.15, -0.1) is 0 Å². The number of benzene rings is 3. The zero-order chi connectivity index (χ0) is 24.9. The van der Waals surface area contributed by atoms with Crippen molar-refractivity contribution in [1.82, 2.24) is 10.6 Å². The van der Waals surface area contributed by atoms with Crippen LogP contribution in [0, 0.1) is 0 Å². The Balaban J connectivity index is 1.17. The van der Waals surface area contributed by atoms with E-state index >= 15 is 0 Å². The van der Waals surface area contributed by atoms with Crippen molar-refractivity contribution < 1.29 is 23.8 Å². The average Bonchev–Trinajstić information content (AvgIpc) is 3.40. The first-order valence-corrected chi connectivity index (χ1v) is 12.1. The summed E-state index contributed by atoms with van der Waals surface area (Å²) in [6, 6.07) is 20.5. The molecule has 0 bridgehead atoms. The summed E-state index contributed by atoms with van der Waals surface area (Å²) in [5, 5.41) is 6.15. The lowest BCUT2D eigenvalue weighted by Crippen LogP contribution is -2.45. The molecule has 0 atom stereocenters. The SMILES string of the molecule is COc1ccc(C(=O)NC2CCN(c3ccccc3C(=O)NCc3ccc4c(c3)OCO4)CC2)cc1. The van der Waals surface area contributed by atoms with Gasteiger partial charge in [0.05, 0.1) is 12.7 Å². The minimum atomic E-state index is -0.127. The molecule has 0 radical (unpaired) electrons. The molecule has 0 aromatic heterocycles. The molecule has 0 spiro atoms. The van der Waals surface area contributed by atoms with Gasteiger partial charge in [0.25, 0.3) is 11.8 Å². The van der Waals surface area contributed by atoms with E-state index in [1.807, 2.05) is 42.5 Å². The summed E-state index contributed by atoms with van der Waals surface area (Å²) >= 11 is 0. The maximum absolute atomic E-state index is 13.1. The van der Waals surface area contributed by atoms with Crippen molar-refractivity contribution in [1.29, 1.82) is 0 Å². The van der Waals surface area contributed by atoms with Crippen LogP contribution in [-0.2, 0) is 6.54 Å². The molecular weight excluding hydrogens is 458 g/mol. The number of hydrogen-bond acceptors (Lipinski definition) is 6.